The number of piperidine rings is 1. The van der Waals surface area contributed by atoms with Crippen molar-refractivity contribution in [1.29, 1.82) is 0 Å². The summed E-state index contributed by atoms with van der Waals surface area (Å²) in [7, 11) is 0. The van der Waals surface area contributed by atoms with E-state index in [1.807, 2.05) is 23.1 Å². The molecular formula is C23H23N5O4. The highest BCUT2D eigenvalue weighted by Crippen LogP contribution is 2.23. The van der Waals surface area contributed by atoms with E-state index in [-0.39, 0.29) is 12.5 Å². The van der Waals surface area contributed by atoms with Crippen molar-refractivity contribution in [1.82, 2.24) is 24.6 Å². The number of hydrogen-bond donors (Lipinski definition) is 0. The van der Waals surface area contributed by atoms with Crippen molar-refractivity contribution in [2.24, 2.45) is 5.92 Å². The van der Waals surface area contributed by atoms with Crippen LogP contribution in [0.15, 0.2) is 62.5 Å². The van der Waals surface area contributed by atoms with E-state index in [0.717, 1.165) is 24.8 Å². The predicted molar refractivity (Wildman–Crippen MR) is 116 cm³/mol. The third kappa shape index (κ3) is 4.18. The van der Waals surface area contributed by atoms with Crippen molar-refractivity contribution in [3.63, 3.8) is 0 Å². The molecule has 1 fully saturated rings. The Morgan fingerprint density at radius 1 is 1.19 bits per heavy atom. The summed E-state index contributed by atoms with van der Waals surface area (Å²) in [6.07, 6.45) is 6.92. The molecule has 0 spiro atoms. The molecule has 1 aliphatic rings. The molecule has 1 atom stereocenters. The first-order valence-electron chi connectivity index (χ1n) is 10.8. The lowest BCUT2D eigenvalue weighted by atomic mass is 9.93. The number of fused-ring (bicyclic) bond motifs is 1. The molecule has 4 heterocycles. The number of carbonyl (C=O) groups is 1. The second-order valence-corrected chi connectivity index (χ2v) is 8.07. The highest BCUT2D eigenvalue weighted by molar-refractivity contribution is 5.79. The summed E-state index contributed by atoms with van der Waals surface area (Å²) in [5.41, 5.74) is 1.93. The summed E-state index contributed by atoms with van der Waals surface area (Å²) in [5, 5.41) is 4.08. The van der Waals surface area contributed by atoms with E-state index in [9.17, 15) is 9.59 Å². The van der Waals surface area contributed by atoms with Crippen LogP contribution in [0.3, 0.4) is 0 Å². The van der Waals surface area contributed by atoms with Crippen LogP contribution in [-0.4, -0.2) is 43.6 Å². The average molecular weight is 433 g/mol. The van der Waals surface area contributed by atoms with Gasteiger partial charge in [0.1, 0.15) is 6.54 Å². The molecule has 0 bridgehead atoms. The number of likely N-dealkylation sites (tertiary alicyclic amines) is 1. The van der Waals surface area contributed by atoms with Gasteiger partial charge >= 0.3 is 5.76 Å². The van der Waals surface area contributed by atoms with Gasteiger partial charge in [0, 0.05) is 31.9 Å². The number of pyridine rings is 1. The van der Waals surface area contributed by atoms with Crippen molar-refractivity contribution in [3.05, 3.63) is 65.2 Å². The summed E-state index contributed by atoms with van der Waals surface area (Å²) >= 11 is 0. The van der Waals surface area contributed by atoms with Crippen LogP contribution in [0.1, 0.15) is 25.1 Å². The molecule has 164 valence electrons. The van der Waals surface area contributed by atoms with Gasteiger partial charge in [-0.15, -0.1) is 0 Å². The number of oxazole rings is 1. The molecular weight excluding hydrogens is 410 g/mol. The average Bonchev–Trinajstić information content (AvgIpc) is 3.43. The Hall–Kier alpha value is -3.75. The van der Waals surface area contributed by atoms with Crippen LogP contribution in [0.5, 0.6) is 0 Å². The molecule has 0 N–H and O–H groups in total. The van der Waals surface area contributed by atoms with Crippen molar-refractivity contribution in [2.75, 3.05) is 13.1 Å². The first-order chi connectivity index (χ1) is 15.7. The fourth-order valence-electron chi connectivity index (χ4n) is 4.22. The smallest absolute Gasteiger partial charge is 0.408 e. The quantitative estimate of drug-likeness (QED) is 0.460. The minimum absolute atomic E-state index is 0.0120. The fraction of sp³-hybridized carbons (Fsp3) is 0.348. The van der Waals surface area contributed by atoms with Crippen LogP contribution in [-0.2, 0) is 17.8 Å². The van der Waals surface area contributed by atoms with Crippen molar-refractivity contribution >= 4 is 17.0 Å². The SMILES string of the molecule is O=C(Cn1c(=O)oc2ccccc21)N1CCCC(CCc2noc(-c3cccnc3)n2)C1. The maximum atomic E-state index is 12.9. The lowest BCUT2D eigenvalue weighted by Gasteiger charge is -2.32. The van der Waals surface area contributed by atoms with Gasteiger partial charge < -0.3 is 13.8 Å². The van der Waals surface area contributed by atoms with Gasteiger partial charge in [0.25, 0.3) is 5.89 Å². The molecule has 32 heavy (non-hydrogen) atoms. The van der Waals surface area contributed by atoms with Crippen molar-refractivity contribution in [2.45, 2.75) is 32.2 Å². The first-order valence-corrected chi connectivity index (χ1v) is 10.8. The number of aromatic nitrogens is 4. The number of aryl methyl sites for hydroxylation is 1. The minimum atomic E-state index is -0.505. The Balaban J connectivity index is 1.19. The second-order valence-electron chi connectivity index (χ2n) is 8.07. The Labute approximate surface area is 183 Å². The van der Waals surface area contributed by atoms with Gasteiger partial charge in [0.05, 0.1) is 11.1 Å². The highest BCUT2D eigenvalue weighted by Gasteiger charge is 2.25. The second kappa shape index (κ2) is 8.78. The number of rotatable bonds is 6. The lowest BCUT2D eigenvalue weighted by molar-refractivity contribution is -0.133. The molecule has 1 amide bonds. The van der Waals surface area contributed by atoms with E-state index < -0.39 is 5.76 Å². The zero-order chi connectivity index (χ0) is 21.9. The van der Waals surface area contributed by atoms with E-state index in [0.29, 0.717) is 48.2 Å². The van der Waals surface area contributed by atoms with E-state index in [2.05, 4.69) is 15.1 Å². The molecule has 5 rings (SSSR count). The number of hydrogen-bond acceptors (Lipinski definition) is 7. The number of benzene rings is 1. The van der Waals surface area contributed by atoms with E-state index >= 15 is 0 Å². The molecule has 1 aliphatic heterocycles. The molecule has 9 heteroatoms. The monoisotopic (exact) mass is 433 g/mol. The Kier molecular flexibility index (Phi) is 5.53. The van der Waals surface area contributed by atoms with Gasteiger partial charge in [-0.3, -0.25) is 14.3 Å². The van der Waals surface area contributed by atoms with Gasteiger partial charge in [0.2, 0.25) is 5.91 Å². The molecule has 3 aromatic heterocycles. The van der Waals surface area contributed by atoms with Gasteiger partial charge in [-0.2, -0.15) is 4.98 Å². The molecule has 4 aromatic rings. The van der Waals surface area contributed by atoms with Crippen LogP contribution in [0, 0.1) is 5.92 Å². The largest absolute Gasteiger partial charge is 0.420 e. The van der Waals surface area contributed by atoms with Gasteiger partial charge in [0.15, 0.2) is 11.4 Å². The predicted octanol–water partition coefficient (Wildman–Crippen LogP) is 2.91. The maximum absolute atomic E-state index is 12.9. The van der Waals surface area contributed by atoms with E-state index in [1.54, 1.807) is 30.6 Å². The first kappa shape index (κ1) is 20.2. The maximum Gasteiger partial charge on any atom is 0.420 e. The minimum Gasteiger partial charge on any atom is -0.408 e. The summed E-state index contributed by atoms with van der Waals surface area (Å²) in [6.45, 7) is 1.35. The van der Waals surface area contributed by atoms with E-state index in [1.165, 1.54) is 4.57 Å². The summed E-state index contributed by atoms with van der Waals surface area (Å²) in [5.74, 6) is 0.900. The summed E-state index contributed by atoms with van der Waals surface area (Å²) < 4.78 is 12.0. The third-order valence-corrected chi connectivity index (χ3v) is 5.89. The normalized spacial score (nSPS) is 16.5. The number of nitrogens with zero attached hydrogens (tertiary/aromatic N) is 5. The Bertz CT molecular complexity index is 1280. The van der Waals surface area contributed by atoms with Crippen LogP contribution < -0.4 is 5.76 Å². The van der Waals surface area contributed by atoms with Gasteiger partial charge in [-0.25, -0.2) is 4.79 Å². The van der Waals surface area contributed by atoms with Gasteiger partial charge in [-0.1, -0.05) is 17.3 Å². The zero-order valence-electron chi connectivity index (χ0n) is 17.5. The van der Waals surface area contributed by atoms with Crippen molar-refractivity contribution < 1.29 is 13.7 Å². The Morgan fingerprint density at radius 2 is 2.09 bits per heavy atom. The van der Waals surface area contributed by atoms with Crippen LogP contribution in [0.4, 0.5) is 0 Å². The zero-order valence-corrected chi connectivity index (χ0v) is 17.5. The standard InChI is InChI=1S/C23H23N5O4/c29-21(15-28-18-7-1-2-8-19(18)31-23(28)30)27-12-4-5-16(14-27)9-10-20-25-22(32-26-20)17-6-3-11-24-13-17/h1-3,6-8,11,13,16H,4-5,9-10,12,14-15H2. The van der Waals surface area contributed by atoms with Crippen LogP contribution >= 0.6 is 0 Å². The van der Waals surface area contributed by atoms with Crippen LogP contribution in [0.25, 0.3) is 22.6 Å². The molecule has 0 radical (unpaired) electrons. The van der Waals surface area contributed by atoms with Crippen molar-refractivity contribution in [3.8, 4) is 11.5 Å². The molecule has 0 aliphatic carbocycles. The summed E-state index contributed by atoms with van der Waals surface area (Å²) in [6, 6.07) is 10.9. The Morgan fingerprint density at radius 3 is 2.97 bits per heavy atom. The van der Waals surface area contributed by atoms with Gasteiger partial charge in [-0.05, 0) is 49.4 Å². The molecule has 1 aromatic carbocycles. The fourth-order valence-corrected chi connectivity index (χ4v) is 4.22. The lowest BCUT2D eigenvalue weighted by Crippen LogP contribution is -2.42. The van der Waals surface area contributed by atoms with E-state index in [4.69, 9.17) is 8.94 Å². The highest BCUT2D eigenvalue weighted by atomic mass is 16.5. The molecule has 1 unspecified atom stereocenters. The summed E-state index contributed by atoms with van der Waals surface area (Å²) in [4.78, 5) is 35.5. The number of amides is 1. The molecule has 1 saturated heterocycles. The number of carbonyl (C=O) groups excluding carboxylic acids is 1. The molecule has 9 nitrogen and oxygen atoms in total. The molecule has 0 saturated carbocycles. The topological polar surface area (TPSA) is 107 Å². The van der Waals surface area contributed by atoms with Crippen LogP contribution in [0.2, 0.25) is 0 Å². The number of para-hydroxylation sites is 2. The third-order valence-electron chi connectivity index (χ3n) is 5.89.